The molecule has 0 amide bonds. The van der Waals surface area contributed by atoms with Crippen molar-refractivity contribution in [1.29, 1.82) is 0 Å². The highest BCUT2D eigenvalue weighted by molar-refractivity contribution is 7.43. The number of fused-ring (bicyclic) bond motifs is 1. The van der Waals surface area contributed by atoms with E-state index in [1.54, 1.807) is 21.1 Å². The molecule has 0 aliphatic rings. The third-order valence-corrected chi connectivity index (χ3v) is 19.2. The van der Waals surface area contributed by atoms with Gasteiger partial charge >= 0.3 is 0 Å². The van der Waals surface area contributed by atoms with Gasteiger partial charge in [-0.25, -0.2) is 0 Å². The molecule has 33 heavy (non-hydrogen) atoms. The van der Waals surface area contributed by atoms with E-state index in [1.807, 2.05) is 0 Å². The maximum absolute atomic E-state index is 2.49. The highest BCUT2D eigenvalue weighted by Crippen LogP contribution is 2.21. The van der Waals surface area contributed by atoms with E-state index in [0.717, 1.165) is 6.42 Å². The van der Waals surface area contributed by atoms with Gasteiger partial charge in [0.15, 0.2) is 0 Å². The second-order valence-corrected chi connectivity index (χ2v) is 18.0. The number of hydrogen-bond acceptors (Lipinski definition) is 0. The van der Waals surface area contributed by atoms with Crippen molar-refractivity contribution in [3.05, 3.63) is 139 Å². The Morgan fingerprint density at radius 3 is 1.73 bits per heavy atom. The van der Waals surface area contributed by atoms with Gasteiger partial charge in [-0.2, -0.15) is 0 Å². The van der Waals surface area contributed by atoms with Gasteiger partial charge in [0.1, 0.15) is 7.59 Å². The number of rotatable bonds is 7. The molecule has 162 valence electrons. The zero-order valence-electron chi connectivity index (χ0n) is 19.2. The fraction of sp³-hybridized carbons (Fsp3) is 0.0968. The first-order valence-corrected chi connectivity index (χ1v) is 17.3. The van der Waals surface area contributed by atoms with Crippen molar-refractivity contribution in [2.45, 2.75) is 19.4 Å². The van der Waals surface area contributed by atoms with Gasteiger partial charge in [0.2, 0.25) is 0 Å². The summed E-state index contributed by atoms with van der Waals surface area (Å²) in [7, 11) is -2.68. The third kappa shape index (κ3) is 4.12. The normalized spacial score (nSPS) is 11.9. The molecule has 0 saturated carbocycles. The van der Waals surface area contributed by atoms with E-state index < -0.39 is 16.6 Å². The van der Waals surface area contributed by atoms with Crippen LogP contribution in [0.2, 0.25) is 0 Å². The minimum atomic E-state index is -2.15. The Balaban J connectivity index is 1.81. The molecule has 0 unspecified atom stereocenters. The van der Waals surface area contributed by atoms with E-state index in [0.29, 0.717) is 0 Å². The predicted molar refractivity (Wildman–Crippen MR) is 150 cm³/mol. The lowest BCUT2D eigenvalue weighted by Gasteiger charge is -2.36. The van der Waals surface area contributed by atoms with Crippen LogP contribution in [0.15, 0.2) is 127 Å². The van der Waals surface area contributed by atoms with Crippen molar-refractivity contribution in [2.24, 2.45) is 0 Å². The molecule has 2 heteroatoms. The lowest BCUT2D eigenvalue weighted by atomic mass is 10.0. The van der Waals surface area contributed by atoms with Crippen LogP contribution in [0.3, 0.4) is 0 Å². The summed E-state index contributed by atoms with van der Waals surface area (Å²) in [6.45, 7) is 2.33. The fourth-order valence-electron chi connectivity index (χ4n) is 5.44. The van der Waals surface area contributed by atoms with Crippen LogP contribution in [0, 0.1) is 0 Å². The highest BCUT2D eigenvalue weighted by Gasteiger charge is 2.40. The van der Waals surface area contributed by atoms with E-state index in [1.165, 1.54) is 22.4 Å². The lowest BCUT2D eigenvalue weighted by Crippen LogP contribution is -2.72. The summed E-state index contributed by atoms with van der Waals surface area (Å²) >= 11 is 0. The molecule has 0 aromatic heterocycles. The molecule has 0 radical (unpaired) electrons. The van der Waals surface area contributed by atoms with Gasteiger partial charge in [0.05, 0.1) is 0 Å². The molecule has 0 fully saturated rings. The molecule has 5 aromatic carbocycles. The van der Waals surface area contributed by atoms with Crippen LogP contribution >= 0.6 is 0 Å². The molecule has 0 nitrogen and oxygen atoms in total. The summed E-state index contributed by atoms with van der Waals surface area (Å²) in [5.41, 5.74) is 3.03. The average molecular weight is 459 g/mol. The summed E-state index contributed by atoms with van der Waals surface area (Å²) in [6.07, 6.45) is 1.06. The Bertz CT molecular complexity index is 1290. The Morgan fingerprint density at radius 1 is 0.576 bits per heavy atom. The zero-order chi connectivity index (χ0) is 22.5. The van der Waals surface area contributed by atoms with Crippen LogP contribution in [0.5, 0.6) is 0 Å². The van der Waals surface area contributed by atoms with Crippen LogP contribution in [0.1, 0.15) is 18.1 Å². The van der Waals surface area contributed by atoms with Gasteiger partial charge in [0, 0.05) is 9.04 Å². The predicted octanol–water partition coefficient (Wildman–Crippen LogP) is 4.74. The van der Waals surface area contributed by atoms with Gasteiger partial charge in [-0.1, -0.05) is 150 Å². The molecule has 0 heterocycles. The van der Waals surface area contributed by atoms with Crippen molar-refractivity contribution in [3.63, 3.8) is 0 Å². The van der Waals surface area contributed by atoms with Crippen LogP contribution in [-0.2, 0) is 12.5 Å². The van der Waals surface area contributed by atoms with Crippen molar-refractivity contribution < 1.29 is 0 Å². The monoisotopic (exact) mass is 458 g/mol. The van der Waals surface area contributed by atoms with Gasteiger partial charge in [-0.3, -0.25) is 0 Å². The van der Waals surface area contributed by atoms with Gasteiger partial charge < -0.3 is 0 Å². The highest BCUT2D eigenvalue weighted by atomic mass is 29.2. The molecule has 0 aliphatic heterocycles. The molecule has 0 bridgehead atoms. The van der Waals surface area contributed by atoms with Crippen molar-refractivity contribution in [3.8, 4) is 0 Å². The molecule has 0 spiro atoms. The average Bonchev–Trinajstić information content (AvgIpc) is 2.90. The van der Waals surface area contributed by atoms with Crippen molar-refractivity contribution in [1.82, 2.24) is 0 Å². The fourth-order valence-corrected chi connectivity index (χ4v) is 17.9. The number of benzene rings is 5. The minimum absolute atomic E-state index is 0.533. The van der Waals surface area contributed by atoms with E-state index in [-0.39, 0.29) is 0 Å². The summed E-state index contributed by atoms with van der Waals surface area (Å²) in [5.74, 6) is 0. The number of aryl methyl sites for hydroxylation is 1. The van der Waals surface area contributed by atoms with Gasteiger partial charge in [-0.05, 0) is 34.0 Å². The van der Waals surface area contributed by atoms with E-state index in [4.69, 9.17) is 0 Å². The molecular weight excluding hydrogens is 429 g/mol. The zero-order valence-corrected chi connectivity index (χ0v) is 21.7. The second kappa shape index (κ2) is 9.74. The summed E-state index contributed by atoms with van der Waals surface area (Å²) in [5, 5.41) is 7.53. The Hall–Kier alpha value is -3.21. The minimum Gasteiger partial charge on any atom is -0.0625 e. The maximum atomic E-state index is 2.49. The summed E-state index contributed by atoms with van der Waals surface area (Å²) < 4.78 is 0. The topological polar surface area (TPSA) is 0 Å². The Kier molecular flexibility index (Phi) is 6.38. The molecule has 0 saturated heterocycles. The Morgan fingerprint density at radius 2 is 1.12 bits per heavy atom. The largest absolute Gasteiger partial charge is 0.133 e. The Labute approximate surface area is 200 Å². The maximum Gasteiger partial charge on any atom is 0.133 e. The molecule has 5 rings (SSSR count). The molecular formula is C31H30Si2. The van der Waals surface area contributed by atoms with Crippen LogP contribution in [0.4, 0.5) is 0 Å². The van der Waals surface area contributed by atoms with Crippen LogP contribution in [0.25, 0.3) is 10.8 Å². The smallest absolute Gasteiger partial charge is 0.0625 e. The molecule has 0 atom stereocenters. The third-order valence-electron chi connectivity index (χ3n) is 7.02. The van der Waals surface area contributed by atoms with E-state index in [9.17, 15) is 0 Å². The second-order valence-electron chi connectivity index (χ2n) is 8.79. The molecule has 0 aliphatic carbocycles. The quantitative estimate of drug-likeness (QED) is 0.244. The van der Waals surface area contributed by atoms with E-state index >= 15 is 0 Å². The van der Waals surface area contributed by atoms with Gasteiger partial charge in [0.25, 0.3) is 0 Å². The van der Waals surface area contributed by atoms with Crippen molar-refractivity contribution in [2.75, 3.05) is 0 Å². The first-order valence-electron chi connectivity index (χ1n) is 12.0. The van der Waals surface area contributed by atoms with Gasteiger partial charge in [-0.15, -0.1) is 0 Å². The summed E-state index contributed by atoms with van der Waals surface area (Å²) in [6, 6.07) is 49.0. The molecule has 5 aromatic rings. The number of hydrogen-bond donors (Lipinski definition) is 0. The molecule has 0 N–H and O–H groups in total. The standard InChI is InChI=1S/C31H30Si2/c1-2-29-30-21-13-12-16-26(30)22-23-31(29)33(27-17-8-4-9-18-27,28-19-10-5-11-20-28)32-24-25-14-6-3-7-15-25/h3-23H,2,24,32H2,1H3. The first-order chi connectivity index (χ1) is 16.3. The summed E-state index contributed by atoms with van der Waals surface area (Å²) in [4.78, 5) is 0. The van der Waals surface area contributed by atoms with E-state index in [2.05, 4.69) is 134 Å². The SMILES string of the molecule is CCc1c([Si]([SiH2]Cc2ccccc2)(c2ccccc2)c2ccccc2)ccc2ccccc12. The van der Waals surface area contributed by atoms with Crippen LogP contribution in [-0.4, -0.2) is 16.6 Å². The van der Waals surface area contributed by atoms with Crippen molar-refractivity contribution >= 4 is 43.0 Å². The van der Waals surface area contributed by atoms with Crippen LogP contribution < -0.4 is 15.6 Å². The lowest BCUT2D eigenvalue weighted by molar-refractivity contribution is 1.17. The first kappa shape index (κ1) is 21.6.